The van der Waals surface area contributed by atoms with Gasteiger partial charge in [0.05, 0.1) is 0 Å². The Labute approximate surface area is 223 Å². The molecule has 3 aromatic heterocycles. The van der Waals surface area contributed by atoms with Crippen molar-refractivity contribution in [3.8, 4) is 22.5 Å². The zero-order valence-corrected chi connectivity index (χ0v) is 21.8. The Morgan fingerprint density at radius 2 is 1.84 bits per heavy atom. The molecular weight excluding hydrogens is 502 g/mol. The highest BCUT2D eigenvalue weighted by molar-refractivity contribution is 6.33. The molecule has 6 rings (SSSR count). The fourth-order valence-electron chi connectivity index (χ4n) is 4.85. The predicted molar refractivity (Wildman–Crippen MR) is 148 cm³/mol. The fraction of sp³-hybridized carbons (Fsp3) is 0.250. The molecule has 0 bridgehead atoms. The molecule has 5 aromatic rings. The summed E-state index contributed by atoms with van der Waals surface area (Å²) in [6.45, 7) is 3.98. The molecule has 0 unspecified atom stereocenters. The van der Waals surface area contributed by atoms with Gasteiger partial charge in [0.2, 0.25) is 17.7 Å². The molecule has 4 heterocycles. The van der Waals surface area contributed by atoms with Crippen LogP contribution in [-0.2, 0) is 0 Å². The van der Waals surface area contributed by atoms with Gasteiger partial charge in [-0.2, -0.15) is 9.97 Å². The van der Waals surface area contributed by atoms with Crippen LogP contribution in [0.5, 0.6) is 0 Å². The van der Waals surface area contributed by atoms with E-state index in [0.29, 0.717) is 56.3 Å². The number of aromatic amines is 1. The minimum absolute atomic E-state index is 0.297. The molecule has 192 valence electrons. The lowest BCUT2D eigenvalue weighted by molar-refractivity contribution is 0.255. The van der Waals surface area contributed by atoms with E-state index in [2.05, 4.69) is 66.6 Å². The molecule has 2 aromatic carbocycles. The number of benzene rings is 2. The van der Waals surface area contributed by atoms with Gasteiger partial charge < -0.3 is 19.7 Å². The monoisotopic (exact) mass is 527 g/mol. The van der Waals surface area contributed by atoms with Gasteiger partial charge in [-0.25, -0.2) is 4.98 Å². The Hall–Kier alpha value is -4.08. The van der Waals surface area contributed by atoms with Gasteiger partial charge in [-0.15, -0.1) is 0 Å². The SMILES string of the molecule is Cc1nc(-c2ccc(-c3cc4cnc(Nc5ccc(C6CCN(C)CC6)cc5)nc4[nH]c3=O)c(Cl)c2)no1. The summed E-state index contributed by atoms with van der Waals surface area (Å²) in [5.41, 5.74) is 4.11. The van der Waals surface area contributed by atoms with Gasteiger partial charge in [-0.1, -0.05) is 41.0 Å². The average Bonchev–Trinajstić information content (AvgIpc) is 3.36. The van der Waals surface area contributed by atoms with Crippen LogP contribution < -0.4 is 10.9 Å². The van der Waals surface area contributed by atoms with Crippen molar-refractivity contribution in [2.75, 3.05) is 25.5 Å². The molecule has 9 nitrogen and oxygen atoms in total. The molecule has 38 heavy (non-hydrogen) atoms. The van der Waals surface area contributed by atoms with E-state index in [1.807, 2.05) is 0 Å². The molecule has 2 N–H and O–H groups in total. The molecule has 0 spiro atoms. The normalized spacial score (nSPS) is 14.7. The van der Waals surface area contributed by atoms with Crippen LogP contribution in [0.1, 0.15) is 30.2 Å². The summed E-state index contributed by atoms with van der Waals surface area (Å²) in [4.78, 5) is 31.4. The third-order valence-corrected chi connectivity index (χ3v) is 7.31. The number of nitrogens with one attached hydrogen (secondary N) is 2. The van der Waals surface area contributed by atoms with E-state index >= 15 is 0 Å². The Bertz CT molecular complexity index is 1670. The van der Waals surface area contributed by atoms with Crippen LogP contribution in [-0.4, -0.2) is 50.1 Å². The summed E-state index contributed by atoms with van der Waals surface area (Å²) in [6.07, 6.45) is 4.04. The number of piperidine rings is 1. The third kappa shape index (κ3) is 4.90. The zero-order valence-electron chi connectivity index (χ0n) is 21.0. The van der Waals surface area contributed by atoms with Crippen molar-refractivity contribution in [2.24, 2.45) is 0 Å². The molecule has 0 radical (unpaired) electrons. The number of hydrogen-bond acceptors (Lipinski definition) is 8. The molecule has 0 saturated carbocycles. The second-order valence-electron chi connectivity index (χ2n) is 9.67. The van der Waals surface area contributed by atoms with Gasteiger partial charge in [0.1, 0.15) is 5.65 Å². The predicted octanol–water partition coefficient (Wildman–Crippen LogP) is 5.55. The number of hydrogen-bond donors (Lipinski definition) is 2. The maximum absolute atomic E-state index is 13.0. The van der Waals surface area contributed by atoms with Gasteiger partial charge in [-0.3, -0.25) is 4.79 Å². The average molecular weight is 528 g/mol. The fourth-order valence-corrected chi connectivity index (χ4v) is 5.13. The van der Waals surface area contributed by atoms with Crippen LogP contribution in [0.2, 0.25) is 5.02 Å². The topological polar surface area (TPSA) is 113 Å². The standard InChI is InChI=1S/C28H26ClN7O2/c1-16-31-26(35-38-16)19-5-8-22(24(29)14-19)23-13-20-15-30-28(34-25(20)33-27(23)37)32-21-6-3-17(4-7-21)18-9-11-36(2)12-10-18/h3-8,13-15,18H,9-12H2,1-2H3,(H2,30,32,33,34,37). The van der Waals surface area contributed by atoms with Gasteiger partial charge in [0.15, 0.2) is 0 Å². The number of aromatic nitrogens is 5. The first-order valence-electron chi connectivity index (χ1n) is 12.5. The number of pyridine rings is 1. The van der Waals surface area contributed by atoms with Crippen molar-refractivity contribution in [2.45, 2.75) is 25.7 Å². The molecule has 1 saturated heterocycles. The highest BCUT2D eigenvalue weighted by Gasteiger charge is 2.18. The molecule has 1 aliphatic rings. The van der Waals surface area contributed by atoms with E-state index in [0.717, 1.165) is 18.8 Å². The van der Waals surface area contributed by atoms with E-state index in [-0.39, 0.29) is 5.56 Å². The molecule has 0 aliphatic carbocycles. The van der Waals surface area contributed by atoms with Gasteiger partial charge in [0, 0.05) is 45.9 Å². The van der Waals surface area contributed by atoms with Gasteiger partial charge in [-0.05, 0) is 68.7 Å². The number of rotatable bonds is 5. The van der Waals surface area contributed by atoms with Crippen LogP contribution in [0.4, 0.5) is 11.6 Å². The highest BCUT2D eigenvalue weighted by Crippen LogP contribution is 2.31. The van der Waals surface area contributed by atoms with Gasteiger partial charge >= 0.3 is 0 Å². The smallest absolute Gasteiger partial charge is 0.257 e. The molecular formula is C28H26ClN7O2. The van der Waals surface area contributed by atoms with Crippen molar-refractivity contribution in [3.05, 3.63) is 81.6 Å². The molecule has 0 amide bonds. The summed E-state index contributed by atoms with van der Waals surface area (Å²) in [7, 11) is 2.17. The van der Waals surface area contributed by atoms with E-state index in [1.165, 1.54) is 18.4 Å². The van der Waals surface area contributed by atoms with Crippen LogP contribution in [0.25, 0.3) is 33.5 Å². The minimum Gasteiger partial charge on any atom is -0.339 e. The van der Waals surface area contributed by atoms with E-state index in [4.69, 9.17) is 16.1 Å². The Balaban J connectivity index is 1.22. The zero-order chi connectivity index (χ0) is 26.2. The van der Waals surface area contributed by atoms with Crippen LogP contribution >= 0.6 is 11.6 Å². The lowest BCUT2D eigenvalue weighted by atomic mass is 9.89. The number of anilines is 2. The van der Waals surface area contributed by atoms with E-state index in [1.54, 1.807) is 37.4 Å². The maximum atomic E-state index is 13.0. The van der Waals surface area contributed by atoms with Crippen LogP contribution in [0, 0.1) is 6.92 Å². The van der Waals surface area contributed by atoms with Crippen molar-refractivity contribution in [1.29, 1.82) is 0 Å². The summed E-state index contributed by atoms with van der Waals surface area (Å²) in [5, 5.41) is 8.25. The second-order valence-corrected chi connectivity index (χ2v) is 10.1. The number of halogens is 1. The maximum Gasteiger partial charge on any atom is 0.257 e. The molecule has 0 atom stereocenters. The molecule has 1 fully saturated rings. The Kier molecular flexibility index (Phi) is 6.39. The lowest BCUT2D eigenvalue weighted by Crippen LogP contribution is -2.29. The minimum atomic E-state index is -0.297. The third-order valence-electron chi connectivity index (χ3n) is 7.00. The number of likely N-dealkylation sites (tertiary alicyclic amines) is 1. The van der Waals surface area contributed by atoms with E-state index in [9.17, 15) is 4.79 Å². The highest BCUT2D eigenvalue weighted by atomic mass is 35.5. The number of aryl methyl sites for hydroxylation is 1. The largest absolute Gasteiger partial charge is 0.339 e. The summed E-state index contributed by atoms with van der Waals surface area (Å²) in [5.74, 6) is 1.91. The molecule has 1 aliphatic heterocycles. The van der Waals surface area contributed by atoms with Crippen LogP contribution in [0.3, 0.4) is 0 Å². The first-order chi connectivity index (χ1) is 18.4. The summed E-state index contributed by atoms with van der Waals surface area (Å²) >= 11 is 6.54. The van der Waals surface area contributed by atoms with E-state index < -0.39 is 0 Å². The summed E-state index contributed by atoms with van der Waals surface area (Å²) in [6, 6.07) is 15.5. The van der Waals surface area contributed by atoms with Crippen molar-refractivity contribution >= 4 is 34.3 Å². The van der Waals surface area contributed by atoms with Crippen LogP contribution in [0.15, 0.2) is 64.0 Å². The first-order valence-corrected chi connectivity index (χ1v) is 12.9. The van der Waals surface area contributed by atoms with Crippen molar-refractivity contribution in [1.82, 2.24) is 30.0 Å². The summed E-state index contributed by atoms with van der Waals surface area (Å²) < 4.78 is 5.04. The molecule has 10 heteroatoms. The Morgan fingerprint density at radius 1 is 1.05 bits per heavy atom. The Morgan fingerprint density at radius 3 is 2.55 bits per heavy atom. The second kappa shape index (κ2) is 10.00. The van der Waals surface area contributed by atoms with Gasteiger partial charge in [0.25, 0.3) is 5.56 Å². The van der Waals surface area contributed by atoms with Crippen molar-refractivity contribution < 1.29 is 4.52 Å². The number of nitrogens with zero attached hydrogens (tertiary/aromatic N) is 5. The number of fused-ring (bicyclic) bond motifs is 1. The first kappa shape index (κ1) is 24.3. The lowest BCUT2D eigenvalue weighted by Gasteiger charge is -2.29. The number of H-pyrrole nitrogens is 1. The van der Waals surface area contributed by atoms with Crippen molar-refractivity contribution in [3.63, 3.8) is 0 Å². The quantitative estimate of drug-likeness (QED) is 0.306.